The van der Waals surface area contributed by atoms with Gasteiger partial charge in [-0.15, -0.1) is 11.8 Å². The van der Waals surface area contributed by atoms with Crippen molar-refractivity contribution in [1.29, 1.82) is 0 Å². The zero-order valence-electron chi connectivity index (χ0n) is 11.1. The number of hydrogen-bond acceptors (Lipinski definition) is 3. The van der Waals surface area contributed by atoms with Crippen LogP contribution in [0.1, 0.15) is 21.5 Å². The highest BCUT2D eigenvalue weighted by atomic mass is 32.2. The number of aryl methyl sites for hydroxylation is 1. The Bertz CT molecular complexity index is 564. The summed E-state index contributed by atoms with van der Waals surface area (Å²) in [7, 11) is 1.41. The molecular weight excluding hydrogens is 256 g/mol. The van der Waals surface area contributed by atoms with E-state index in [9.17, 15) is 4.79 Å². The topological polar surface area (TPSA) is 26.3 Å². The maximum absolute atomic E-state index is 11.7. The van der Waals surface area contributed by atoms with Gasteiger partial charge in [0.1, 0.15) is 0 Å². The predicted octanol–water partition coefficient (Wildman–Crippen LogP) is 4.07. The quantitative estimate of drug-likeness (QED) is 0.620. The summed E-state index contributed by atoms with van der Waals surface area (Å²) < 4.78 is 4.82. The van der Waals surface area contributed by atoms with Crippen molar-refractivity contribution in [3.8, 4) is 0 Å². The summed E-state index contributed by atoms with van der Waals surface area (Å²) in [4.78, 5) is 12.9. The number of carbonyl (C=O) groups excluding carboxylic acids is 1. The molecule has 3 heteroatoms. The Balaban J connectivity index is 2.19. The number of thioether (sulfide) groups is 1. The molecule has 0 spiro atoms. The molecule has 0 N–H and O–H groups in total. The molecular formula is C16H16O2S. The Morgan fingerprint density at radius 2 is 1.89 bits per heavy atom. The molecule has 0 amide bonds. The summed E-state index contributed by atoms with van der Waals surface area (Å²) in [5.74, 6) is 0.486. The van der Waals surface area contributed by atoms with Crippen LogP contribution >= 0.6 is 11.8 Å². The molecule has 98 valence electrons. The minimum Gasteiger partial charge on any atom is -0.465 e. The molecule has 0 atom stereocenters. The molecule has 2 rings (SSSR count). The van der Waals surface area contributed by atoms with E-state index in [0.29, 0.717) is 5.56 Å². The number of hydrogen-bond donors (Lipinski definition) is 0. The second-order valence-electron chi connectivity index (χ2n) is 4.25. The third kappa shape index (κ3) is 3.61. The Hall–Kier alpha value is -1.74. The first-order valence-corrected chi connectivity index (χ1v) is 7.05. The van der Waals surface area contributed by atoms with Gasteiger partial charge < -0.3 is 4.74 Å². The second kappa shape index (κ2) is 6.43. The van der Waals surface area contributed by atoms with Crippen LogP contribution in [0.5, 0.6) is 0 Å². The van der Waals surface area contributed by atoms with Gasteiger partial charge in [0.25, 0.3) is 0 Å². The van der Waals surface area contributed by atoms with Crippen LogP contribution in [0.15, 0.2) is 53.4 Å². The van der Waals surface area contributed by atoms with Crippen LogP contribution in [0.3, 0.4) is 0 Å². The number of esters is 1. The van der Waals surface area contributed by atoms with E-state index in [2.05, 4.69) is 12.1 Å². The molecule has 0 heterocycles. The lowest BCUT2D eigenvalue weighted by Gasteiger charge is -2.09. The molecule has 0 aromatic heterocycles. The fourth-order valence-corrected chi connectivity index (χ4v) is 2.74. The van der Waals surface area contributed by atoms with Gasteiger partial charge >= 0.3 is 5.97 Å². The second-order valence-corrected chi connectivity index (χ2v) is 5.30. The van der Waals surface area contributed by atoms with E-state index in [1.807, 2.05) is 43.3 Å². The van der Waals surface area contributed by atoms with Gasteiger partial charge in [0.15, 0.2) is 0 Å². The third-order valence-electron chi connectivity index (χ3n) is 2.80. The lowest BCUT2D eigenvalue weighted by Crippen LogP contribution is -2.05. The molecule has 0 radical (unpaired) electrons. The van der Waals surface area contributed by atoms with Crippen LogP contribution in [-0.4, -0.2) is 13.1 Å². The van der Waals surface area contributed by atoms with Crippen LogP contribution in [-0.2, 0) is 10.5 Å². The largest absolute Gasteiger partial charge is 0.465 e. The lowest BCUT2D eigenvalue weighted by atomic mass is 10.1. The molecule has 2 aromatic carbocycles. The minimum atomic E-state index is -0.274. The molecule has 0 saturated carbocycles. The van der Waals surface area contributed by atoms with Gasteiger partial charge in [-0.2, -0.15) is 0 Å². The van der Waals surface area contributed by atoms with Crippen LogP contribution in [0.4, 0.5) is 0 Å². The van der Waals surface area contributed by atoms with Crippen molar-refractivity contribution < 1.29 is 9.53 Å². The predicted molar refractivity (Wildman–Crippen MR) is 78.5 cm³/mol. The van der Waals surface area contributed by atoms with Gasteiger partial charge in [0, 0.05) is 10.6 Å². The Labute approximate surface area is 117 Å². The zero-order valence-corrected chi connectivity index (χ0v) is 11.9. The highest BCUT2D eigenvalue weighted by molar-refractivity contribution is 7.98. The highest BCUT2D eigenvalue weighted by Gasteiger charge is 2.11. The van der Waals surface area contributed by atoms with Gasteiger partial charge in [-0.1, -0.05) is 35.9 Å². The monoisotopic (exact) mass is 272 g/mol. The SMILES string of the molecule is COC(=O)c1ccc(C)cc1CSc1ccccc1. The van der Waals surface area contributed by atoms with E-state index in [-0.39, 0.29) is 5.97 Å². The lowest BCUT2D eigenvalue weighted by molar-refractivity contribution is 0.0600. The summed E-state index contributed by atoms with van der Waals surface area (Å²) in [5, 5.41) is 0. The van der Waals surface area contributed by atoms with Crippen molar-refractivity contribution in [2.45, 2.75) is 17.6 Å². The number of rotatable bonds is 4. The summed E-state index contributed by atoms with van der Waals surface area (Å²) in [6, 6.07) is 16.0. The fourth-order valence-electron chi connectivity index (χ4n) is 1.83. The zero-order chi connectivity index (χ0) is 13.7. The number of methoxy groups -OCH3 is 1. The van der Waals surface area contributed by atoms with E-state index in [0.717, 1.165) is 16.9 Å². The van der Waals surface area contributed by atoms with Crippen molar-refractivity contribution in [3.63, 3.8) is 0 Å². The molecule has 2 aromatic rings. The van der Waals surface area contributed by atoms with Crippen LogP contribution in [0.2, 0.25) is 0 Å². The van der Waals surface area contributed by atoms with Gasteiger partial charge in [-0.05, 0) is 30.7 Å². The first kappa shape index (κ1) is 13.7. The minimum absolute atomic E-state index is 0.274. The molecule has 0 aliphatic heterocycles. The molecule has 19 heavy (non-hydrogen) atoms. The molecule has 0 fully saturated rings. The third-order valence-corrected chi connectivity index (χ3v) is 3.86. The fraction of sp³-hybridized carbons (Fsp3) is 0.188. The smallest absolute Gasteiger partial charge is 0.338 e. The molecule has 0 saturated heterocycles. The Morgan fingerprint density at radius 3 is 2.58 bits per heavy atom. The Morgan fingerprint density at radius 1 is 1.16 bits per heavy atom. The van der Waals surface area contributed by atoms with Crippen LogP contribution in [0, 0.1) is 6.92 Å². The van der Waals surface area contributed by atoms with Gasteiger partial charge in [0.2, 0.25) is 0 Å². The molecule has 2 nitrogen and oxygen atoms in total. The average Bonchev–Trinajstić information content (AvgIpc) is 2.45. The Kier molecular flexibility index (Phi) is 4.63. The van der Waals surface area contributed by atoms with Gasteiger partial charge in [0.05, 0.1) is 12.7 Å². The van der Waals surface area contributed by atoms with Crippen LogP contribution in [0.25, 0.3) is 0 Å². The van der Waals surface area contributed by atoms with Crippen molar-refractivity contribution >= 4 is 17.7 Å². The first-order valence-electron chi connectivity index (χ1n) is 6.06. The first-order chi connectivity index (χ1) is 9.20. The van der Waals surface area contributed by atoms with Crippen molar-refractivity contribution in [2.75, 3.05) is 7.11 Å². The standard InChI is InChI=1S/C16H16O2S/c1-12-8-9-15(16(17)18-2)13(10-12)11-19-14-6-4-3-5-7-14/h3-10H,11H2,1-2H3. The van der Waals surface area contributed by atoms with E-state index < -0.39 is 0 Å². The number of carbonyl (C=O) groups is 1. The van der Waals surface area contributed by atoms with E-state index >= 15 is 0 Å². The summed E-state index contributed by atoms with van der Waals surface area (Å²) >= 11 is 1.72. The summed E-state index contributed by atoms with van der Waals surface area (Å²) in [6.07, 6.45) is 0. The maximum atomic E-state index is 11.7. The van der Waals surface area contributed by atoms with E-state index in [1.165, 1.54) is 12.0 Å². The highest BCUT2D eigenvalue weighted by Crippen LogP contribution is 2.25. The van der Waals surface area contributed by atoms with Crippen molar-refractivity contribution in [2.24, 2.45) is 0 Å². The number of benzene rings is 2. The van der Waals surface area contributed by atoms with E-state index in [1.54, 1.807) is 11.8 Å². The molecule has 0 aliphatic rings. The molecule has 0 aliphatic carbocycles. The summed E-state index contributed by atoms with van der Waals surface area (Å²) in [5.41, 5.74) is 2.81. The molecule has 0 bridgehead atoms. The number of ether oxygens (including phenoxy) is 1. The van der Waals surface area contributed by atoms with E-state index in [4.69, 9.17) is 4.74 Å². The normalized spacial score (nSPS) is 10.2. The van der Waals surface area contributed by atoms with Gasteiger partial charge in [-0.25, -0.2) is 4.79 Å². The van der Waals surface area contributed by atoms with Crippen molar-refractivity contribution in [1.82, 2.24) is 0 Å². The van der Waals surface area contributed by atoms with Gasteiger partial charge in [-0.3, -0.25) is 0 Å². The average molecular weight is 272 g/mol. The van der Waals surface area contributed by atoms with Crippen LogP contribution < -0.4 is 0 Å². The summed E-state index contributed by atoms with van der Waals surface area (Å²) in [6.45, 7) is 2.03. The maximum Gasteiger partial charge on any atom is 0.338 e. The van der Waals surface area contributed by atoms with Crippen molar-refractivity contribution in [3.05, 3.63) is 65.2 Å². The molecule has 0 unspecified atom stereocenters.